The van der Waals surface area contributed by atoms with Crippen LogP contribution >= 0.6 is 0 Å². The van der Waals surface area contributed by atoms with Gasteiger partial charge in [0.05, 0.1) is 12.7 Å². The maximum Gasteiger partial charge on any atom is 0.248 e. The van der Waals surface area contributed by atoms with Crippen molar-refractivity contribution in [2.75, 3.05) is 19.8 Å². The fourth-order valence-electron chi connectivity index (χ4n) is 2.44. The summed E-state index contributed by atoms with van der Waals surface area (Å²) < 4.78 is 11.2. The molecule has 0 aliphatic carbocycles. The van der Waals surface area contributed by atoms with Crippen LogP contribution in [0.4, 0.5) is 0 Å². The van der Waals surface area contributed by atoms with Crippen LogP contribution in [0.15, 0.2) is 30.3 Å². The second-order valence-corrected chi connectivity index (χ2v) is 5.73. The predicted molar refractivity (Wildman–Crippen MR) is 85.4 cm³/mol. The SMILES string of the molecule is CC(OCC1CCCCO1)C(=O)NCC(N)c1ccccc1. The minimum atomic E-state index is -0.492. The van der Waals surface area contributed by atoms with Gasteiger partial charge >= 0.3 is 0 Å². The standard InChI is InChI=1S/C17H26N2O3/c1-13(22-12-15-9-5-6-10-21-15)17(20)19-11-16(18)14-7-3-2-4-8-14/h2-4,7-8,13,15-16H,5-6,9-12,18H2,1H3,(H,19,20). The van der Waals surface area contributed by atoms with E-state index in [-0.39, 0.29) is 18.1 Å². The van der Waals surface area contributed by atoms with Crippen LogP contribution in [-0.4, -0.2) is 37.9 Å². The van der Waals surface area contributed by atoms with Crippen molar-refractivity contribution in [2.45, 2.75) is 44.4 Å². The van der Waals surface area contributed by atoms with Crippen LogP contribution < -0.4 is 11.1 Å². The van der Waals surface area contributed by atoms with E-state index in [2.05, 4.69) is 5.32 Å². The van der Waals surface area contributed by atoms with E-state index in [0.717, 1.165) is 25.0 Å². The first kappa shape index (κ1) is 16.9. The fourth-order valence-corrected chi connectivity index (χ4v) is 2.44. The summed E-state index contributed by atoms with van der Waals surface area (Å²) in [7, 11) is 0. The molecule has 1 aliphatic heterocycles. The van der Waals surface area contributed by atoms with Crippen LogP contribution in [0.5, 0.6) is 0 Å². The van der Waals surface area contributed by atoms with Crippen molar-refractivity contribution in [2.24, 2.45) is 5.73 Å². The molecule has 1 fully saturated rings. The molecular weight excluding hydrogens is 280 g/mol. The highest BCUT2D eigenvalue weighted by atomic mass is 16.5. The third-order valence-corrected chi connectivity index (χ3v) is 3.90. The van der Waals surface area contributed by atoms with Gasteiger partial charge in [-0.3, -0.25) is 4.79 Å². The Hall–Kier alpha value is -1.43. The minimum Gasteiger partial charge on any atom is -0.376 e. The van der Waals surface area contributed by atoms with E-state index in [1.54, 1.807) is 6.92 Å². The van der Waals surface area contributed by atoms with Gasteiger partial charge in [-0.1, -0.05) is 30.3 Å². The summed E-state index contributed by atoms with van der Waals surface area (Å²) in [6, 6.07) is 9.52. The van der Waals surface area contributed by atoms with Crippen molar-refractivity contribution in [1.29, 1.82) is 0 Å². The molecule has 5 nitrogen and oxygen atoms in total. The molecule has 1 amide bonds. The minimum absolute atomic E-state index is 0.121. The number of nitrogens with one attached hydrogen (secondary N) is 1. The highest BCUT2D eigenvalue weighted by molar-refractivity contribution is 5.80. The zero-order chi connectivity index (χ0) is 15.8. The first-order chi connectivity index (χ1) is 10.7. The Balaban J connectivity index is 1.67. The molecule has 0 spiro atoms. The summed E-state index contributed by atoms with van der Waals surface area (Å²) >= 11 is 0. The molecular formula is C17H26N2O3. The monoisotopic (exact) mass is 306 g/mol. The van der Waals surface area contributed by atoms with Gasteiger partial charge < -0.3 is 20.5 Å². The van der Waals surface area contributed by atoms with Crippen molar-refractivity contribution in [3.8, 4) is 0 Å². The Morgan fingerprint density at radius 3 is 2.86 bits per heavy atom. The van der Waals surface area contributed by atoms with E-state index in [0.29, 0.717) is 13.2 Å². The average Bonchev–Trinajstić information content (AvgIpc) is 2.58. The molecule has 0 aromatic heterocycles. The Bertz CT molecular complexity index is 446. The van der Waals surface area contributed by atoms with Crippen molar-refractivity contribution in [3.63, 3.8) is 0 Å². The lowest BCUT2D eigenvalue weighted by atomic mass is 10.1. The molecule has 0 bridgehead atoms. The Kier molecular flexibility index (Phi) is 6.83. The van der Waals surface area contributed by atoms with Gasteiger partial charge in [0.1, 0.15) is 6.10 Å². The van der Waals surface area contributed by atoms with Crippen molar-refractivity contribution in [1.82, 2.24) is 5.32 Å². The van der Waals surface area contributed by atoms with Crippen LogP contribution in [0, 0.1) is 0 Å². The van der Waals surface area contributed by atoms with Crippen LogP contribution in [0.25, 0.3) is 0 Å². The molecule has 1 aliphatic rings. The number of ether oxygens (including phenoxy) is 2. The average molecular weight is 306 g/mol. The highest BCUT2D eigenvalue weighted by Crippen LogP contribution is 2.13. The summed E-state index contributed by atoms with van der Waals surface area (Å²) in [5.74, 6) is -0.137. The van der Waals surface area contributed by atoms with Crippen molar-refractivity contribution < 1.29 is 14.3 Å². The molecule has 22 heavy (non-hydrogen) atoms. The lowest BCUT2D eigenvalue weighted by Crippen LogP contribution is -2.40. The third kappa shape index (κ3) is 5.40. The van der Waals surface area contributed by atoms with E-state index in [4.69, 9.17) is 15.2 Å². The third-order valence-electron chi connectivity index (χ3n) is 3.90. The van der Waals surface area contributed by atoms with Gasteiger partial charge in [0, 0.05) is 19.2 Å². The van der Waals surface area contributed by atoms with Gasteiger partial charge in [-0.2, -0.15) is 0 Å². The Morgan fingerprint density at radius 1 is 1.41 bits per heavy atom. The lowest BCUT2D eigenvalue weighted by Gasteiger charge is -2.24. The van der Waals surface area contributed by atoms with Gasteiger partial charge in [-0.05, 0) is 31.7 Å². The normalized spacial score (nSPS) is 21.1. The number of hydrogen-bond acceptors (Lipinski definition) is 4. The largest absolute Gasteiger partial charge is 0.376 e. The van der Waals surface area contributed by atoms with Crippen LogP contribution in [0.1, 0.15) is 37.8 Å². The highest BCUT2D eigenvalue weighted by Gasteiger charge is 2.19. The Morgan fingerprint density at radius 2 is 2.18 bits per heavy atom. The van der Waals surface area contributed by atoms with E-state index < -0.39 is 6.10 Å². The molecule has 1 aromatic rings. The maximum absolute atomic E-state index is 12.0. The zero-order valence-corrected chi connectivity index (χ0v) is 13.2. The summed E-state index contributed by atoms with van der Waals surface area (Å²) in [6.45, 7) is 3.42. The molecule has 1 aromatic carbocycles. The van der Waals surface area contributed by atoms with Crippen molar-refractivity contribution in [3.05, 3.63) is 35.9 Å². The molecule has 0 radical (unpaired) electrons. The summed E-state index contributed by atoms with van der Waals surface area (Å²) in [6.07, 6.45) is 2.92. The lowest BCUT2D eigenvalue weighted by molar-refractivity contribution is -0.135. The molecule has 5 heteroatoms. The number of hydrogen-bond donors (Lipinski definition) is 2. The topological polar surface area (TPSA) is 73.6 Å². The number of benzene rings is 1. The maximum atomic E-state index is 12.0. The van der Waals surface area contributed by atoms with Crippen LogP contribution in [0.3, 0.4) is 0 Å². The van der Waals surface area contributed by atoms with Gasteiger partial charge in [-0.25, -0.2) is 0 Å². The summed E-state index contributed by atoms with van der Waals surface area (Å²) in [5, 5.41) is 2.84. The Labute approximate surface area is 132 Å². The number of carbonyl (C=O) groups excluding carboxylic acids is 1. The van der Waals surface area contributed by atoms with E-state index >= 15 is 0 Å². The first-order valence-electron chi connectivity index (χ1n) is 7.98. The molecule has 3 unspecified atom stereocenters. The van der Waals surface area contributed by atoms with Crippen molar-refractivity contribution >= 4 is 5.91 Å². The van der Waals surface area contributed by atoms with Crippen LogP contribution in [0.2, 0.25) is 0 Å². The quantitative estimate of drug-likeness (QED) is 0.805. The van der Waals surface area contributed by atoms with Gasteiger partial charge in [0.15, 0.2) is 0 Å². The number of rotatable bonds is 7. The number of carbonyl (C=O) groups is 1. The van der Waals surface area contributed by atoms with Gasteiger partial charge in [0.2, 0.25) is 5.91 Å². The summed E-state index contributed by atoms with van der Waals surface area (Å²) in [4.78, 5) is 12.0. The number of amides is 1. The second kappa shape index (κ2) is 8.88. The molecule has 1 saturated heterocycles. The molecule has 0 saturated carbocycles. The fraction of sp³-hybridized carbons (Fsp3) is 0.588. The van der Waals surface area contributed by atoms with E-state index in [1.807, 2.05) is 30.3 Å². The molecule has 1 heterocycles. The van der Waals surface area contributed by atoms with E-state index in [9.17, 15) is 4.79 Å². The first-order valence-corrected chi connectivity index (χ1v) is 7.98. The molecule has 122 valence electrons. The van der Waals surface area contributed by atoms with Crippen LogP contribution in [-0.2, 0) is 14.3 Å². The molecule has 3 N–H and O–H groups in total. The van der Waals surface area contributed by atoms with Gasteiger partial charge in [0.25, 0.3) is 0 Å². The molecule has 2 rings (SSSR count). The second-order valence-electron chi connectivity index (χ2n) is 5.73. The van der Waals surface area contributed by atoms with Gasteiger partial charge in [-0.15, -0.1) is 0 Å². The molecule has 3 atom stereocenters. The summed E-state index contributed by atoms with van der Waals surface area (Å²) in [5.41, 5.74) is 7.07. The number of nitrogens with two attached hydrogens (primary N) is 1. The van der Waals surface area contributed by atoms with E-state index in [1.165, 1.54) is 6.42 Å². The smallest absolute Gasteiger partial charge is 0.248 e. The predicted octanol–water partition coefficient (Wildman–Crippen LogP) is 1.78. The zero-order valence-electron chi connectivity index (χ0n) is 13.2.